The van der Waals surface area contributed by atoms with Gasteiger partial charge in [-0.05, 0) is 51.5 Å². The number of fused-ring (bicyclic) bond motifs is 4. The lowest BCUT2D eigenvalue weighted by atomic mass is 10.1. The average Bonchev–Trinajstić information content (AvgIpc) is 3.23. The summed E-state index contributed by atoms with van der Waals surface area (Å²) in [7, 11) is 0. The van der Waals surface area contributed by atoms with Crippen LogP contribution in [0, 0.1) is 6.92 Å². The van der Waals surface area contributed by atoms with Crippen molar-refractivity contribution in [2.24, 2.45) is 0 Å². The first kappa shape index (κ1) is 21.9. The van der Waals surface area contributed by atoms with Crippen LogP contribution in [-0.4, -0.2) is 18.9 Å². The van der Waals surface area contributed by atoms with Crippen molar-refractivity contribution in [3.8, 4) is 0 Å². The lowest BCUT2D eigenvalue weighted by Crippen LogP contribution is -2.26. The molecule has 0 N–H and O–H groups in total. The van der Waals surface area contributed by atoms with Crippen LogP contribution in [0.3, 0.4) is 0 Å². The number of aromatic nitrogens is 4. The number of thiazole rings is 1. The molecule has 1 atom stereocenters. The van der Waals surface area contributed by atoms with Gasteiger partial charge in [-0.2, -0.15) is 0 Å². The Morgan fingerprint density at radius 2 is 2.00 bits per heavy atom. The molecule has 1 unspecified atom stereocenters. The van der Waals surface area contributed by atoms with Crippen molar-refractivity contribution in [1.29, 1.82) is 0 Å². The van der Waals surface area contributed by atoms with Gasteiger partial charge in [0, 0.05) is 33.8 Å². The first-order chi connectivity index (χ1) is 15.5. The zero-order valence-electron chi connectivity index (χ0n) is 18.5. The summed E-state index contributed by atoms with van der Waals surface area (Å²) in [6.45, 7) is 6.09. The standard InChI is InChI=1S/C23H26N4O2S3/c1-4-13(2)27-21(29)19-16-8-6-5-7-9-17(16)32-20(19)25-23(27)31-12-15-10-18(28)26-14(3)11-30-22(26)24-15/h10-11,13H,4-9,12H2,1-3H3. The van der Waals surface area contributed by atoms with Gasteiger partial charge in [-0.15, -0.1) is 22.7 Å². The summed E-state index contributed by atoms with van der Waals surface area (Å²) in [5, 5.41) is 3.50. The Bertz CT molecular complexity index is 1430. The molecule has 0 bridgehead atoms. The highest BCUT2D eigenvalue weighted by atomic mass is 32.2. The second-order valence-electron chi connectivity index (χ2n) is 8.44. The van der Waals surface area contributed by atoms with E-state index in [0.29, 0.717) is 16.4 Å². The van der Waals surface area contributed by atoms with Gasteiger partial charge in [-0.25, -0.2) is 9.97 Å². The number of hydrogen-bond donors (Lipinski definition) is 0. The summed E-state index contributed by atoms with van der Waals surface area (Å²) < 4.78 is 3.50. The predicted octanol–water partition coefficient (Wildman–Crippen LogP) is 5.37. The summed E-state index contributed by atoms with van der Waals surface area (Å²) in [6.07, 6.45) is 6.44. The molecule has 0 amide bonds. The van der Waals surface area contributed by atoms with Crippen LogP contribution in [0.5, 0.6) is 0 Å². The maximum Gasteiger partial charge on any atom is 0.263 e. The monoisotopic (exact) mass is 486 g/mol. The number of nitrogens with zero attached hydrogens (tertiary/aromatic N) is 4. The number of thioether (sulfide) groups is 1. The largest absolute Gasteiger partial charge is 0.284 e. The molecule has 6 nitrogen and oxygen atoms in total. The fourth-order valence-corrected chi connectivity index (χ4v) is 7.54. The van der Waals surface area contributed by atoms with Crippen molar-refractivity contribution in [1.82, 2.24) is 18.9 Å². The lowest BCUT2D eigenvalue weighted by molar-refractivity contribution is 0.468. The van der Waals surface area contributed by atoms with Gasteiger partial charge in [0.2, 0.25) is 0 Å². The fourth-order valence-electron chi connectivity index (χ4n) is 4.36. The van der Waals surface area contributed by atoms with Crippen LogP contribution in [0.15, 0.2) is 26.2 Å². The van der Waals surface area contributed by atoms with Gasteiger partial charge >= 0.3 is 0 Å². The van der Waals surface area contributed by atoms with Gasteiger partial charge in [0.05, 0.1) is 11.1 Å². The highest BCUT2D eigenvalue weighted by molar-refractivity contribution is 7.98. The molecule has 32 heavy (non-hydrogen) atoms. The second-order valence-corrected chi connectivity index (χ2v) is 11.3. The maximum absolute atomic E-state index is 13.7. The van der Waals surface area contributed by atoms with Crippen molar-refractivity contribution >= 4 is 49.6 Å². The van der Waals surface area contributed by atoms with E-state index in [2.05, 4.69) is 18.8 Å². The Balaban J connectivity index is 1.57. The molecule has 0 aliphatic heterocycles. The summed E-state index contributed by atoms with van der Waals surface area (Å²) in [6, 6.07) is 1.65. The Hall–Kier alpha value is -1.97. The van der Waals surface area contributed by atoms with Crippen LogP contribution in [-0.2, 0) is 18.6 Å². The quantitative estimate of drug-likeness (QED) is 0.216. The van der Waals surface area contributed by atoms with Gasteiger partial charge in [0.15, 0.2) is 10.1 Å². The molecule has 1 aliphatic rings. The zero-order chi connectivity index (χ0) is 22.4. The molecule has 4 heterocycles. The normalized spacial score (nSPS) is 15.2. The van der Waals surface area contributed by atoms with Crippen LogP contribution in [0.2, 0.25) is 0 Å². The zero-order valence-corrected chi connectivity index (χ0v) is 21.0. The van der Waals surface area contributed by atoms with Crippen molar-refractivity contribution in [3.05, 3.63) is 54.0 Å². The van der Waals surface area contributed by atoms with E-state index in [4.69, 9.17) is 4.98 Å². The van der Waals surface area contributed by atoms with E-state index in [-0.39, 0.29) is 17.2 Å². The topological polar surface area (TPSA) is 69.3 Å². The Kier molecular flexibility index (Phi) is 5.98. The molecule has 4 aromatic rings. The van der Waals surface area contributed by atoms with Gasteiger partial charge in [-0.3, -0.25) is 18.6 Å². The molecule has 0 fully saturated rings. The van der Waals surface area contributed by atoms with Gasteiger partial charge in [0.25, 0.3) is 11.1 Å². The third-order valence-electron chi connectivity index (χ3n) is 6.25. The first-order valence-electron chi connectivity index (χ1n) is 11.1. The van der Waals surface area contributed by atoms with Crippen LogP contribution in [0.4, 0.5) is 0 Å². The maximum atomic E-state index is 13.7. The molecule has 0 aromatic carbocycles. The summed E-state index contributed by atoms with van der Waals surface area (Å²) >= 11 is 4.66. The minimum atomic E-state index is -0.0610. The molecule has 4 aromatic heterocycles. The van der Waals surface area contributed by atoms with E-state index in [0.717, 1.165) is 46.8 Å². The van der Waals surface area contributed by atoms with Crippen LogP contribution in [0.25, 0.3) is 15.2 Å². The van der Waals surface area contributed by atoms with Gasteiger partial charge in [-0.1, -0.05) is 25.1 Å². The van der Waals surface area contributed by atoms with Gasteiger partial charge in [0.1, 0.15) is 4.83 Å². The highest BCUT2D eigenvalue weighted by Crippen LogP contribution is 2.35. The Morgan fingerprint density at radius 1 is 1.19 bits per heavy atom. The summed E-state index contributed by atoms with van der Waals surface area (Å²) in [5.41, 5.74) is 2.88. The van der Waals surface area contributed by atoms with E-state index in [1.807, 2.05) is 16.9 Å². The SMILES string of the molecule is CCC(C)n1c(SCc2cc(=O)n3c(C)csc3n2)nc2sc3c(c2c1=O)CCCCC3. The van der Waals surface area contributed by atoms with Crippen LogP contribution in [0.1, 0.15) is 67.4 Å². The number of thiophene rings is 1. The second kappa shape index (κ2) is 8.76. The van der Waals surface area contributed by atoms with Crippen molar-refractivity contribution in [2.75, 3.05) is 0 Å². The third-order valence-corrected chi connectivity index (χ3v) is 9.36. The van der Waals surface area contributed by atoms with Gasteiger partial charge < -0.3 is 0 Å². The molecule has 0 radical (unpaired) electrons. The van der Waals surface area contributed by atoms with Crippen molar-refractivity contribution in [2.45, 2.75) is 76.2 Å². The molecule has 0 saturated heterocycles. The average molecular weight is 487 g/mol. The molecular weight excluding hydrogens is 460 g/mol. The molecular formula is C23H26N4O2S3. The first-order valence-corrected chi connectivity index (χ1v) is 13.8. The lowest BCUT2D eigenvalue weighted by Gasteiger charge is -2.17. The van der Waals surface area contributed by atoms with E-state index < -0.39 is 0 Å². The van der Waals surface area contributed by atoms with E-state index in [9.17, 15) is 9.59 Å². The number of hydrogen-bond acceptors (Lipinski definition) is 7. The Labute approximate surface area is 198 Å². The van der Waals surface area contributed by atoms with Crippen molar-refractivity contribution in [3.63, 3.8) is 0 Å². The smallest absolute Gasteiger partial charge is 0.263 e. The van der Waals surface area contributed by atoms with E-state index in [1.54, 1.807) is 21.8 Å². The van der Waals surface area contributed by atoms with E-state index >= 15 is 0 Å². The summed E-state index contributed by atoms with van der Waals surface area (Å²) in [5.74, 6) is 0.502. The minimum absolute atomic E-state index is 0.0595. The third kappa shape index (κ3) is 3.74. The highest BCUT2D eigenvalue weighted by Gasteiger charge is 2.23. The predicted molar refractivity (Wildman–Crippen MR) is 134 cm³/mol. The number of aryl methyl sites for hydroxylation is 3. The van der Waals surface area contributed by atoms with Crippen LogP contribution < -0.4 is 11.1 Å². The minimum Gasteiger partial charge on any atom is -0.284 e. The molecule has 1 aliphatic carbocycles. The molecule has 5 rings (SSSR count). The molecule has 0 spiro atoms. The van der Waals surface area contributed by atoms with Crippen LogP contribution >= 0.6 is 34.4 Å². The summed E-state index contributed by atoms with van der Waals surface area (Å²) in [4.78, 5) is 38.8. The van der Waals surface area contributed by atoms with E-state index in [1.165, 1.54) is 46.4 Å². The molecule has 168 valence electrons. The Morgan fingerprint density at radius 3 is 2.81 bits per heavy atom. The fraction of sp³-hybridized carbons (Fsp3) is 0.478. The molecule has 9 heteroatoms. The molecule has 0 saturated carbocycles. The number of rotatable bonds is 5. The van der Waals surface area contributed by atoms with Crippen molar-refractivity contribution < 1.29 is 0 Å².